The van der Waals surface area contributed by atoms with E-state index in [1.807, 2.05) is 0 Å². The van der Waals surface area contributed by atoms with Crippen LogP contribution < -0.4 is 4.74 Å². The first-order valence-corrected chi connectivity index (χ1v) is 12.1. The predicted molar refractivity (Wildman–Crippen MR) is 100 cm³/mol. The fourth-order valence-corrected chi connectivity index (χ4v) is 2.65. The van der Waals surface area contributed by atoms with Crippen LogP contribution in [0.4, 0.5) is 0 Å². The van der Waals surface area contributed by atoms with Crippen molar-refractivity contribution in [3.63, 3.8) is 0 Å². The molecule has 0 fully saturated rings. The third-order valence-electron chi connectivity index (χ3n) is 2.91. The zero-order valence-electron chi connectivity index (χ0n) is 15.5. The Kier molecular flexibility index (Phi) is 5.58. The van der Waals surface area contributed by atoms with Crippen molar-refractivity contribution < 1.29 is 14.3 Å². The first-order valence-electron chi connectivity index (χ1n) is 8.03. The SMILES string of the molecule is CC(C)(C)OC(=O)c1ccc(-n2ccc(OC[Si](C)(C)C)n2)nc1Cl. The Balaban J connectivity index is 2.15. The van der Waals surface area contributed by atoms with Crippen LogP contribution in [0.2, 0.25) is 24.8 Å². The average molecular weight is 382 g/mol. The zero-order chi connectivity index (χ0) is 18.8. The molecule has 0 unspecified atom stereocenters. The molecule has 0 atom stereocenters. The van der Waals surface area contributed by atoms with Gasteiger partial charge in [0.1, 0.15) is 10.8 Å². The van der Waals surface area contributed by atoms with Gasteiger partial charge in [0, 0.05) is 12.3 Å². The molecule has 2 aromatic heterocycles. The second-order valence-electron chi connectivity index (χ2n) is 7.96. The Bertz CT molecular complexity index is 763. The molecule has 25 heavy (non-hydrogen) atoms. The van der Waals surface area contributed by atoms with Crippen molar-refractivity contribution in [2.45, 2.75) is 46.0 Å². The smallest absolute Gasteiger partial charge is 0.341 e. The molecule has 0 bridgehead atoms. The van der Waals surface area contributed by atoms with Crippen LogP contribution >= 0.6 is 11.6 Å². The third-order valence-corrected chi connectivity index (χ3v) is 4.20. The molecule has 2 rings (SSSR count). The van der Waals surface area contributed by atoms with Gasteiger partial charge in [-0.1, -0.05) is 31.2 Å². The second-order valence-corrected chi connectivity index (χ2v) is 13.7. The van der Waals surface area contributed by atoms with E-state index in [1.54, 1.807) is 49.8 Å². The maximum Gasteiger partial charge on any atom is 0.341 e. The molecule has 0 aliphatic carbocycles. The van der Waals surface area contributed by atoms with Gasteiger partial charge in [0.05, 0.1) is 19.9 Å². The largest absolute Gasteiger partial charge is 0.480 e. The molecule has 2 aromatic rings. The van der Waals surface area contributed by atoms with Crippen LogP contribution in [0.25, 0.3) is 5.82 Å². The lowest BCUT2D eigenvalue weighted by molar-refractivity contribution is 0.00693. The molecule has 2 heterocycles. The molecular formula is C17H24ClN3O3Si. The van der Waals surface area contributed by atoms with Crippen LogP contribution in [0, 0.1) is 0 Å². The summed E-state index contributed by atoms with van der Waals surface area (Å²) in [7, 11) is -1.32. The number of rotatable bonds is 5. The van der Waals surface area contributed by atoms with E-state index in [2.05, 4.69) is 29.7 Å². The van der Waals surface area contributed by atoms with Crippen molar-refractivity contribution in [2.24, 2.45) is 0 Å². The van der Waals surface area contributed by atoms with Crippen LogP contribution in [-0.2, 0) is 4.74 Å². The number of ether oxygens (including phenoxy) is 2. The molecule has 0 amide bonds. The van der Waals surface area contributed by atoms with Crippen LogP contribution in [0.15, 0.2) is 24.4 Å². The van der Waals surface area contributed by atoms with Gasteiger partial charge >= 0.3 is 5.97 Å². The molecule has 0 radical (unpaired) electrons. The lowest BCUT2D eigenvalue weighted by atomic mass is 10.2. The second kappa shape index (κ2) is 7.17. The fourth-order valence-electron chi connectivity index (χ4n) is 1.84. The van der Waals surface area contributed by atoms with Crippen LogP contribution in [0.5, 0.6) is 5.88 Å². The summed E-state index contributed by atoms with van der Waals surface area (Å²) in [6, 6.07) is 5.03. The highest BCUT2D eigenvalue weighted by atomic mass is 35.5. The molecule has 0 saturated heterocycles. The van der Waals surface area contributed by atoms with E-state index in [0.29, 0.717) is 17.9 Å². The van der Waals surface area contributed by atoms with Gasteiger partial charge in [0.25, 0.3) is 0 Å². The number of carbonyl (C=O) groups excluding carboxylic acids is 1. The summed E-state index contributed by atoms with van der Waals surface area (Å²) in [6.45, 7) is 12.1. The summed E-state index contributed by atoms with van der Waals surface area (Å²) >= 11 is 6.15. The molecular weight excluding hydrogens is 358 g/mol. The fraction of sp³-hybridized carbons (Fsp3) is 0.471. The summed E-state index contributed by atoms with van der Waals surface area (Å²) in [6.07, 6.45) is 2.43. The third kappa shape index (κ3) is 5.86. The number of carbonyl (C=O) groups is 1. The highest BCUT2D eigenvalue weighted by molar-refractivity contribution is 6.76. The minimum atomic E-state index is -1.32. The van der Waals surface area contributed by atoms with Crippen molar-refractivity contribution in [1.82, 2.24) is 14.8 Å². The van der Waals surface area contributed by atoms with Gasteiger partial charge in [-0.25, -0.2) is 14.5 Å². The molecule has 6 nitrogen and oxygen atoms in total. The maximum atomic E-state index is 12.1. The Labute approximate surface area is 154 Å². The van der Waals surface area contributed by atoms with E-state index < -0.39 is 19.6 Å². The van der Waals surface area contributed by atoms with Gasteiger partial charge in [-0.3, -0.25) is 0 Å². The number of esters is 1. The minimum Gasteiger partial charge on any atom is -0.480 e. The van der Waals surface area contributed by atoms with E-state index >= 15 is 0 Å². The Morgan fingerprint density at radius 3 is 2.48 bits per heavy atom. The first kappa shape index (κ1) is 19.5. The van der Waals surface area contributed by atoms with Gasteiger partial charge in [0.15, 0.2) is 5.82 Å². The summed E-state index contributed by atoms with van der Waals surface area (Å²) in [5.41, 5.74) is -0.369. The number of pyridine rings is 1. The Morgan fingerprint density at radius 2 is 1.92 bits per heavy atom. The van der Waals surface area contributed by atoms with E-state index in [-0.39, 0.29) is 10.7 Å². The summed E-state index contributed by atoms with van der Waals surface area (Å²) in [5.74, 6) is 0.535. The van der Waals surface area contributed by atoms with Crippen molar-refractivity contribution >= 4 is 25.6 Å². The van der Waals surface area contributed by atoms with Crippen LogP contribution in [0.1, 0.15) is 31.1 Å². The Morgan fingerprint density at radius 1 is 1.24 bits per heavy atom. The van der Waals surface area contributed by atoms with Gasteiger partial charge in [-0.05, 0) is 32.9 Å². The summed E-state index contributed by atoms with van der Waals surface area (Å²) in [5, 5.41) is 4.41. The number of nitrogens with zero attached hydrogens (tertiary/aromatic N) is 3. The van der Waals surface area contributed by atoms with Crippen molar-refractivity contribution in [3.8, 4) is 11.7 Å². The van der Waals surface area contributed by atoms with Crippen LogP contribution in [0.3, 0.4) is 0 Å². The van der Waals surface area contributed by atoms with Crippen molar-refractivity contribution in [3.05, 3.63) is 35.1 Å². The molecule has 0 aromatic carbocycles. The normalized spacial score (nSPS) is 12.1. The van der Waals surface area contributed by atoms with Gasteiger partial charge in [0.2, 0.25) is 5.88 Å². The van der Waals surface area contributed by atoms with Gasteiger partial charge < -0.3 is 9.47 Å². The molecule has 0 aliphatic rings. The number of aromatic nitrogens is 3. The molecule has 0 aliphatic heterocycles. The van der Waals surface area contributed by atoms with Gasteiger partial charge in [-0.15, -0.1) is 5.10 Å². The van der Waals surface area contributed by atoms with E-state index in [0.717, 1.165) is 0 Å². The highest BCUT2D eigenvalue weighted by Crippen LogP contribution is 2.20. The minimum absolute atomic E-state index is 0.0758. The van der Waals surface area contributed by atoms with E-state index in [9.17, 15) is 4.79 Å². The first-order chi connectivity index (χ1) is 11.4. The van der Waals surface area contributed by atoms with Crippen molar-refractivity contribution in [1.29, 1.82) is 0 Å². The summed E-state index contributed by atoms with van der Waals surface area (Å²) in [4.78, 5) is 16.4. The molecule has 136 valence electrons. The maximum absolute atomic E-state index is 12.1. The topological polar surface area (TPSA) is 66.2 Å². The lowest BCUT2D eigenvalue weighted by Crippen LogP contribution is -2.30. The molecule has 0 saturated carbocycles. The average Bonchev–Trinajstić information content (AvgIpc) is 2.91. The van der Waals surface area contributed by atoms with E-state index in [1.165, 1.54) is 0 Å². The lowest BCUT2D eigenvalue weighted by Gasteiger charge is -2.19. The summed E-state index contributed by atoms with van der Waals surface area (Å²) < 4.78 is 12.6. The molecule has 8 heteroatoms. The van der Waals surface area contributed by atoms with E-state index in [4.69, 9.17) is 21.1 Å². The Hall–Kier alpha value is -1.86. The molecule has 0 N–H and O–H groups in total. The quantitative estimate of drug-likeness (QED) is 0.442. The number of halogens is 1. The number of hydrogen-bond acceptors (Lipinski definition) is 5. The highest BCUT2D eigenvalue weighted by Gasteiger charge is 2.21. The standard InChI is InChI=1S/C17H24ClN3O3Si/c1-17(2,3)24-16(22)12-7-8-13(19-15(12)18)21-10-9-14(20-21)23-11-25(4,5)6/h7-10H,11H2,1-6H3. The van der Waals surface area contributed by atoms with Crippen LogP contribution in [-0.4, -0.2) is 40.6 Å². The molecule has 0 spiro atoms. The van der Waals surface area contributed by atoms with Gasteiger partial charge in [-0.2, -0.15) is 0 Å². The number of hydrogen-bond donors (Lipinski definition) is 0. The monoisotopic (exact) mass is 381 g/mol. The van der Waals surface area contributed by atoms with Crippen molar-refractivity contribution in [2.75, 3.05) is 6.23 Å². The zero-order valence-corrected chi connectivity index (χ0v) is 17.2. The predicted octanol–water partition coefficient (Wildman–Crippen LogP) is 4.13.